The van der Waals surface area contributed by atoms with Crippen molar-refractivity contribution in [2.24, 2.45) is 5.92 Å². The molecule has 0 saturated heterocycles. The van der Waals surface area contributed by atoms with Crippen molar-refractivity contribution in [2.75, 3.05) is 14.1 Å². The maximum atomic E-state index is 12.3. The van der Waals surface area contributed by atoms with Crippen molar-refractivity contribution in [3.63, 3.8) is 0 Å². The zero-order chi connectivity index (χ0) is 13.7. The van der Waals surface area contributed by atoms with Gasteiger partial charge in [0.1, 0.15) is 0 Å². The molecule has 3 heteroatoms. The predicted octanol–water partition coefficient (Wildman–Crippen LogP) is 2.95. The number of hydrogen-bond donors (Lipinski definition) is 1. The van der Waals surface area contributed by atoms with Gasteiger partial charge in [0.2, 0.25) is 5.91 Å². The van der Waals surface area contributed by atoms with Crippen molar-refractivity contribution in [1.82, 2.24) is 10.2 Å². The van der Waals surface area contributed by atoms with Gasteiger partial charge in [-0.25, -0.2) is 0 Å². The van der Waals surface area contributed by atoms with Crippen LogP contribution >= 0.6 is 0 Å². The maximum Gasteiger partial charge on any atom is 0.222 e. The van der Waals surface area contributed by atoms with Gasteiger partial charge in [0.05, 0.1) is 0 Å². The fourth-order valence-corrected chi connectivity index (χ4v) is 3.76. The Kier molecular flexibility index (Phi) is 5.68. The minimum absolute atomic E-state index is 0.375. The standard InChI is InChI=1S/C16H30N2O/c1-17-14-8-10-15(11-9-14)18(2)16(19)12-7-13-5-3-4-6-13/h13-15,17H,3-12H2,1-2H3. The molecule has 2 aliphatic rings. The summed E-state index contributed by atoms with van der Waals surface area (Å²) in [5.74, 6) is 1.21. The van der Waals surface area contributed by atoms with Crippen molar-refractivity contribution in [3.05, 3.63) is 0 Å². The van der Waals surface area contributed by atoms with Gasteiger partial charge in [-0.3, -0.25) is 4.79 Å². The van der Waals surface area contributed by atoms with Crippen molar-refractivity contribution < 1.29 is 4.79 Å². The van der Waals surface area contributed by atoms with E-state index in [1.807, 2.05) is 19.0 Å². The molecule has 2 saturated carbocycles. The molecular weight excluding hydrogens is 236 g/mol. The molecule has 2 fully saturated rings. The zero-order valence-electron chi connectivity index (χ0n) is 12.7. The largest absolute Gasteiger partial charge is 0.343 e. The Morgan fingerprint density at radius 2 is 1.74 bits per heavy atom. The molecule has 0 aromatic carbocycles. The highest BCUT2D eigenvalue weighted by Gasteiger charge is 2.26. The number of nitrogens with one attached hydrogen (secondary N) is 1. The van der Waals surface area contributed by atoms with Crippen LogP contribution in [0.25, 0.3) is 0 Å². The van der Waals surface area contributed by atoms with Gasteiger partial charge < -0.3 is 10.2 Å². The van der Waals surface area contributed by atoms with E-state index < -0.39 is 0 Å². The van der Waals surface area contributed by atoms with Gasteiger partial charge in [0, 0.05) is 25.6 Å². The Bertz CT molecular complexity index is 278. The number of hydrogen-bond acceptors (Lipinski definition) is 2. The van der Waals surface area contributed by atoms with Gasteiger partial charge in [-0.2, -0.15) is 0 Å². The van der Waals surface area contributed by atoms with Crippen molar-refractivity contribution in [1.29, 1.82) is 0 Å². The molecule has 0 aromatic rings. The summed E-state index contributed by atoms with van der Waals surface area (Å²) in [6.07, 6.45) is 12.1. The van der Waals surface area contributed by atoms with Crippen molar-refractivity contribution in [3.8, 4) is 0 Å². The molecule has 0 spiro atoms. The summed E-state index contributed by atoms with van der Waals surface area (Å²) >= 11 is 0. The third kappa shape index (κ3) is 4.20. The van der Waals surface area contributed by atoms with E-state index in [1.165, 1.54) is 38.5 Å². The van der Waals surface area contributed by atoms with Crippen molar-refractivity contribution in [2.45, 2.75) is 76.3 Å². The average molecular weight is 266 g/mol. The van der Waals surface area contributed by atoms with Crippen LogP contribution in [0.3, 0.4) is 0 Å². The SMILES string of the molecule is CNC1CCC(N(C)C(=O)CCC2CCCC2)CC1. The van der Waals surface area contributed by atoms with E-state index in [2.05, 4.69) is 5.32 Å². The van der Waals surface area contributed by atoms with Crippen molar-refractivity contribution >= 4 is 5.91 Å². The van der Waals surface area contributed by atoms with E-state index in [0.717, 1.165) is 31.6 Å². The maximum absolute atomic E-state index is 12.3. The Morgan fingerprint density at radius 1 is 1.11 bits per heavy atom. The Labute approximate surface area is 118 Å². The fourth-order valence-electron chi connectivity index (χ4n) is 3.76. The molecule has 0 radical (unpaired) electrons. The van der Waals surface area contributed by atoms with E-state index in [4.69, 9.17) is 0 Å². The second-order valence-electron chi connectivity index (χ2n) is 6.49. The Hall–Kier alpha value is -0.570. The number of nitrogens with zero attached hydrogens (tertiary/aromatic N) is 1. The van der Waals surface area contributed by atoms with Crippen LogP contribution in [-0.2, 0) is 4.79 Å². The highest BCUT2D eigenvalue weighted by molar-refractivity contribution is 5.76. The molecule has 1 amide bonds. The van der Waals surface area contributed by atoms with Crippen LogP contribution in [0.4, 0.5) is 0 Å². The molecule has 2 aliphatic carbocycles. The van der Waals surface area contributed by atoms with Crippen LogP contribution in [0.2, 0.25) is 0 Å². The van der Waals surface area contributed by atoms with Gasteiger partial charge in [-0.1, -0.05) is 25.7 Å². The Balaban J connectivity index is 1.69. The average Bonchev–Trinajstić information content (AvgIpc) is 2.97. The molecule has 0 heterocycles. The molecule has 0 bridgehead atoms. The first-order valence-corrected chi connectivity index (χ1v) is 8.13. The first-order chi connectivity index (χ1) is 9.20. The smallest absolute Gasteiger partial charge is 0.222 e. The van der Waals surface area contributed by atoms with Gasteiger partial charge in [0.15, 0.2) is 0 Å². The molecular formula is C16H30N2O. The van der Waals surface area contributed by atoms with Gasteiger partial charge in [-0.05, 0) is 45.1 Å². The van der Waals surface area contributed by atoms with E-state index >= 15 is 0 Å². The lowest BCUT2D eigenvalue weighted by atomic mass is 9.90. The molecule has 19 heavy (non-hydrogen) atoms. The summed E-state index contributed by atoms with van der Waals surface area (Å²) < 4.78 is 0. The predicted molar refractivity (Wildman–Crippen MR) is 79.1 cm³/mol. The van der Waals surface area contributed by atoms with E-state index in [1.54, 1.807) is 0 Å². The quantitative estimate of drug-likeness (QED) is 0.830. The molecule has 2 rings (SSSR count). The summed E-state index contributed by atoms with van der Waals surface area (Å²) in [5.41, 5.74) is 0. The number of amides is 1. The number of rotatable bonds is 5. The summed E-state index contributed by atoms with van der Waals surface area (Å²) in [5, 5.41) is 3.35. The molecule has 3 nitrogen and oxygen atoms in total. The fraction of sp³-hybridized carbons (Fsp3) is 0.938. The summed E-state index contributed by atoms with van der Waals surface area (Å²) in [4.78, 5) is 14.3. The van der Waals surface area contributed by atoms with Crippen LogP contribution in [0, 0.1) is 5.92 Å². The molecule has 110 valence electrons. The Morgan fingerprint density at radius 3 is 2.32 bits per heavy atom. The lowest BCUT2D eigenvalue weighted by molar-refractivity contribution is -0.132. The highest BCUT2D eigenvalue weighted by Crippen LogP contribution is 2.29. The molecule has 0 unspecified atom stereocenters. The van der Waals surface area contributed by atoms with Crippen LogP contribution in [-0.4, -0.2) is 37.0 Å². The second kappa shape index (κ2) is 7.28. The van der Waals surface area contributed by atoms with E-state index in [0.29, 0.717) is 18.0 Å². The van der Waals surface area contributed by atoms with Gasteiger partial charge in [0.25, 0.3) is 0 Å². The lowest BCUT2D eigenvalue weighted by Gasteiger charge is -2.34. The topological polar surface area (TPSA) is 32.3 Å². The molecule has 0 atom stereocenters. The molecule has 0 aromatic heterocycles. The number of carbonyl (C=O) groups is 1. The summed E-state index contributed by atoms with van der Waals surface area (Å²) in [7, 11) is 4.06. The first-order valence-electron chi connectivity index (χ1n) is 8.13. The molecule has 0 aliphatic heterocycles. The second-order valence-corrected chi connectivity index (χ2v) is 6.49. The van der Waals surface area contributed by atoms with Crippen LogP contribution in [0.5, 0.6) is 0 Å². The van der Waals surface area contributed by atoms with E-state index in [-0.39, 0.29) is 0 Å². The van der Waals surface area contributed by atoms with Crippen LogP contribution < -0.4 is 5.32 Å². The minimum atomic E-state index is 0.375. The zero-order valence-corrected chi connectivity index (χ0v) is 12.7. The van der Waals surface area contributed by atoms with Crippen LogP contribution in [0.1, 0.15) is 64.2 Å². The summed E-state index contributed by atoms with van der Waals surface area (Å²) in [6.45, 7) is 0. The third-order valence-electron chi connectivity index (χ3n) is 5.29. The summed E-state index contributed by atoms with van der Waals surface area (Å²) in [6, 6.07) is 1.15. The normalized spacial score (nSPS) is 28.5. The monoisotopic (exact) mass is 266 g/mol. The number of carbonyl (C=O) groups excluding carboxylic acids is 1. The van der Waals surface area contributed by atoms with E-state index in [9.17, 15) is 4.79 Å². The first kappa shape index (κ1) is 14.8. The minimum Gasteiger partial charge on any atom is -0.343 e. The molecule has 1 N–H and O–H groups in total. The lowest BCUT2D eigenvalue weighted by Crippen LogP contribution is -2.42. The highest BCUT2D eigenvalue weighted by atomic mass is 16.2. The van der Waals surface area contributed by atoms with Crippen LogP contribution in [0.15, 0.2) is 0 Å². The van der Waals surface area contributed by atoms with Gasteiger partial charge >= 0.3 is 0 Å². The third-order valence-corrected chi connectivity index (χ3v) is 5.29. The van der Waals surface area contributed by atoms with Gasteiger partial charge in [-0.15, -0.1) is 0 Å².